The smallest absolute Gasteiger partial charge is 0.339 e. The van der Waals surface area contributed by atoms with Gasteiger partial charge in [0.1, 0.15) is 17.1 Å². The lowest BCUT2D eigenvalue weighted by Gasteiger charge is -2.27. The number of carboxylic acid groups (broad SMARTS) is 1. The molecule has 1 aliphatic rings. The van der Waals surface area contributed by atoms with Crippen LogP contribution in [-0.2, 0) is 4.79 Å². The lowest BCUT2D eigenvalue weighted by atomic mass is 9.87. The van der Waals surface area contributed by atoms with Gasteiger partial charge in [-0.3, -0.25) is 4.79 Å². The number of carboxylic acids is 1. The van der Waals surface area contributed by atoms with Gasteiger partial charge in [-0.15, -0.1) is 0 Å². The van der Waals surface area contributed by atoms with Crippen LogP contribution < -0.4 is 10.1 Å². The maximum absolute atomic E-state index is 14.5. The molecule has 0 aliphatic carbocycles. The molecule has 0 saturated carbocycles. The molecule has 0 radical (unpaired) electrons. The maximum atomic E-state index is 14.5. The number of amides is 1. The maximum Gasteiger partial charge on any atom is 0.339 e. The Kier molecular flexibility index (Phi) is 4.35. The molecule has 2 N–H and O–H groups in total. The van der Waals surface area contributed by atoms with E-state index in [4.69, 9.17) is 4.74 Å². The second-order valence-corrected chi connectivity index (χ2v) is 6.48. The Morgan fingerprint density at radius 2 is 1.93 bits per heavy atom. The zero-order valence-electron chi connectivity index (χ0n) is 15.0. The number of carbonyl (C=O) groups is 2. The fourth-order valence-corrected chi connectivity index (χ4v) is 3.69. The number of halogens is 1. The number of para-hydroxylation sites is 2. The average molecular weight is 380 g/mol. The van der Waals surface area contributed by atoms with Gasteiger partial charge in [-0.25, -0.2) is 9.18 Å². The molecule has 2 aromatic carbocycles. The van der Waals surface area contributed by atoms with Crippen molar-refractivity contribution in [2.45, 2.75) is 12.3 Å². The fourth-order valence-electron chi connectivity index (χ4n) is 3.69. The summed E-state index contributed by atoms with van der Waals surface area (Å²) in [7, 11) is 1.53. The van der Waals surface area contributed by atoms with Crippen molar-refractivity contribution in [2.24, 2.45) is 0 Å². The summed E-state index contributed by atoms with van der Waals surface area (Å²) in [6, 6.07) is 13.3. The van der Waals surface area contributed by atoms with Crippen LogP contribution in [0.3, 0.4) is 0 Å². The minimum Gasteiger partial charge on any atom is -0.496 e. The third-order valence-electron chi connectivity index (χ3n) is 4.88. The van der Waals surface area contributed by atoms with Crippen LogP contribution in [0, 0.1) is 5.82 Å². The van der Waals surface area contributed by atoms with Gasteiger partial charge in [0.15, 0.2) is 0 Å². The quantitative estimate of drug-likeness (QED) is 0.722. The molecule has 4 rings (SSSR count). The molecule has 0 spiro atoms. The Labute approximate surface area is 160 Å². The first kappa shape index (κ1) is 17.8. The number of hydrogen-bond donors (Lipinski definition) is 2. The predicted molar refractivity (Wildman–Crippen MR) is 101 cm³/mol. The first-order valence-corrected chi connectivity index (χ1v) is 8.67. The minimum atomic E-state index is -1.20. The third kappa shape index (κ3) is 2.81. The van der Waals surface area contributed by atoms with Crippen molar-refractivity contribution in [3.05, 3.63) is 77.4 Å². The van der Waals surface area contributed by atoms with E-state index in [1.807, 2.05) is 18.2 Å². The largest absolute Gasteiger partial charge is 0.496 e. The molecule has 1 aromatic heterocycles. The number of fused-ring (bicyclic) bond motifs is 1. The van der Waals surface area contributed by atoms with Gasteiger partial charge in [0.05, 0.1) is 24.2 Å². The number of ether oxygens (including phenoxy) is 1. The number of nitrogens with zero attached hydrogens (tertiary/aromatic N) is 1. The van der Waals surface area contributed by atoms with E-state index >= 15 is 0 Å². The number of nitrogens with one attached hydrogen (secondary N) is 1. The number of aromatic nitrogens is 1. The standard InChI is InChI=1S/C21H17FN2O4/c1-28-17-9-5-2-6-12(17)13-10-18(25)23-19-14(21(26)27)11-24(20(13)19)16-8-4-3-7-15(16)22/h2-9,11,13H,10H2,1H3,(H,23,25)(H,26,27)/t13-/m1/s1. The van der Waals surface area contributed by atoms with Crippen molar-refractivity contribution in [1.29, 1.82) is 0 Å². The van der Waals surface area contributed by atoms with E-state index in [-0.39, 0.29) is 29.3 Å². The molecule has 1 aliphatic heterocycles. The summed E-state index contributed by atoms with van der Waals surface area (Å²) in [4.78, 5) is 24.2. The molecular weight excluding hydrogens is 363 g/mol. The highest BCUT2D eigenvalue weighted by Gasteiger charge is 2.36. The van der Waals surface area contributed by atoms with E-state index in [9.17, 15) is 19.1 Å². The highest BCUT2D eigenvalue weighted by atomic mass is 19.1. The van der Waals surface area contributed by atoms with E-state index in [1.54, 1.807) is 24.3 Å². The molecule has 0 fully saturated rings. The molecule has 28 heavy (non-hydrogen) atoms. The number of carbonyl (C=O) groups excluding carboxylic acids is 1. The summed E-state index contributed by atoms with van der Waals surface area (Å²) in [5, 5.41) is 12.3. The number of methoxy groups -OCH3 is 1. The van der Waals surface area contributed by atoms with Crippen molar-refractivity contribution < 1.29 is 23.8 Å². The average Bonchev–Trinajstić information content (AvgIpc) is 3.07. The lowest BCUT2D eigenvalue weighted by molar-refractivity contribution is -0.116. The van der Waals surface area contributed by atoms with Crippen molar-refractivity contribution in [2.75, 3.05) is 12.4 Å². The van der Waals surface area contributed by atoms with Crippen LogP contribution in [0.5, 0.6) is 5.75 Å². The van der Waals surface area contributed by atoms with Gasteiger partial charge in [0.2, 0.25) is 5.91 Å². The van der Waals surface area contributed by atoms with Gasteiger partial charge >= 0.3 is 5.97 Å². The first-order valence-electron chi connectivity index (χ1n) is 8.67. The van der Waals surface area contributed by atoms with Crippen molar-refractivity contribution in [3.63, 3.8) is 0 Å². The third-order valence-corrected chi connectivity index (χ3v) is 4.88. The van der Waals surface area contributed by atoms with Crippen LogP contribution in [0.1, 0.15) is 34.0 Å². The van der Waals surface area contributed by atoms with Gasteiger partial charge in [-0.05, 0) is 18.2 Å². The van der Waals surface area contributed by atoms with Gasteiger partial charge in [-0.1, -0.05) is 30.3 Å². The van der Waals surface area contributed by atoms with Gasteiger partial charge in [-0.2, -0.15) is 0 Å². The highest BCUT2D eigenvalue weighted by molar-refractivity contribution is 6.04. The molecule has 0 saturated heterocycles. The summed E-state index contributed by atoms with van der Waals surface area (Å²) in [5.74, 6) is -1.92. The molecule has 6 nitrogen and oxygen atoms in total. The number of hydrogen-bond acceptors (Lipinski definition) is 3. The number of anilines is 1. The second-order valence-electron chi connectivity index (χ2n) is 6.48. The molecule has 3 aromatic rings. The Balaban J connectivity index is 2.02. The Hall–Kier alpha value is -3.61. The van der Waals surface area contributed by atoms with Crippen LogP contribution in [-0.4, -0.2) is 28.7 Å². The van der Waals surface area contributed by atoms with Crippen LogP contribution in [0.25, 0.3) is 5.69 Å². The molecule has 1 atom stereocenters. The highest BCUT2D eigenvalue weighted by Crippen LogP contribution is 2.44. The van der Waals surface area contributed by atoms with Crippen LogP contribution in [0.15, 0.2) is 54.7 Å². The lowest BCUT2D eigenvalue weighted by Crippen LogP contribution is -2.26. The normalized spacial score (nSPS) is 15.6. The molecule has 7 heteroatoms. The van der Waals surface area contributed by atoms with Crippen LogP contribution in [0.4, 0.5) is 10.1 Å². The van der Waals surface area contributed by atoms with Crippen molar-refractivity contribution in [1.82, 2.24) is 4.57 Å². The predicted octanol–water partition coefficient (Wildman–Crippen LogP) is 3.80. The van der Waals surface area contributed by atoms with Crippen molar-refractivity contribution in [3.8, 4) is 11.4 Å². The summed E-state index contributed by atoms with van der Waals surface area (Å²) < 4.78 is 21.5. The fraction of sp³-hybridized carbons (Fsp3) is 0.143. The number of aromatic carboxylic acids is 1. The molecule has 0 unspecified atom stereocenters. The molecular formula is C21H17FN2O4. The second kappa shape index (κ2) is 6.84. The molecule has 2 heterocycles. The van der Waals surface area contributed by atoms with E-state index in [0.29, 0.717) is 11.4 Å². The SMILES string of the molecule is COc1ccccc1[C@H]1CC(=O)Nc2c(C(=O)O)cn(-c3ccccc3F)c21. The first-order chi connectivity index (χ1) is 13.5. The topological polar surface area (TPSA) is 80.6 Å². The summed E-state index contributed by atoms with van der Waals surface area (Å²) in [5.41, 5.74) is 1.54. The summed E-state index contributed by atoms with van der Waals surface area (Å²) >= 11 is 0. The minimum absolute atomic E-state index is 0.0882. The number of rotatable bonds is 4. The van der Waals surface area contributed by atoms with E-state index in [0.717, 1.165) is 5.56 Å². The monoisotopic (exact) mass is 380 g/mol. The Bertz CT molecular complexity index is 1090. The molecule has 0 bridgehead atoms. The molecule has 1 amide bonds. The summed E-state index contributed by atoms with van der Waals surface area (Å²) in [6.45, 7) is 0. The van der Waals surface area contributed by atoms with Crippen LogP contribution >= 0.6 is 0 Å². The number of benzene rings is 2. The Morgan fingerprint density at radius 3 is 2.64 bits per heavy atom. The van der Waals surface area contributed by atoms with Crippen LogP contribution in [0.2, 0.25) is 0 Å². The van der Waals surface area contributed by atoms with E-state index < -0.39 is 17.7 Å². The van der Waals surface area contributed by atoms with Gasteiger partial charge in [0, 0.05) is 24.1 Å². The van der Waals surface area contributed by atoms with E-state index in [2.05, 4.69) is 5.32 Å². The van der Waals surface area contributed by atoms with Gasteiger partial charge in [0.25, 0.3) is 0 Å². The zero-order valence-corrected chi connectivity index (χ0v) is 15.0. The van der Waals surface area contributed by atoms with E-state index in [1.165, 1.54) is 23.9 Å². The Morgan fingerprint density at radius 1 is 1.21 bits per heavy atom. The molecule has 142 valence electrons. The zero-order chi connectivity index (χ0) is 19.8. The summed E-state index contributed by atoms with van der Waals surface area (Å²) in [6.07, 6.45) is 1.43. The van der Waals surface area contributed by atoms with Gasteiger partial charge < -0.3 is 19.7 Å². The van der Waals surface area contributed by atoms with Crippen molar-refractivity contribution >= 4 is 17.6 Å².